The van der Waals surface area contributed by atoms with Crippen LogP contribution in [0.2, 0.25) is 0 Å². The average Bonchev–Trinajstić information content (AvgIpc) is 2.50. The molecule has 0 atom stereocenters. The van der Waals surface area contributed by atoms with E-state index in [0.29, 0.717) is 5.56 Å². The van der Waals surface area contributed by atoms with Gasteiger partial charge in [-0.25, -0.2) is 4.39 Å². The van der Waals surface area contributed by atoms with Gasteiger partial charge in [-0.3, -0.25) is 15.5 Å². The molecule has 0 saturated heterocycles. The van der Waals surface area contributed by atoms with Crippen LogP contribution in [0.3, 0.4) is 0 Å². The number of thiocarbonyl (C=S) groups is 1. The summed E-state index contributed by atoms with van der Waals surface area (Å²) in [5.41, 5.74) is 3.24. The highest BCUT2D eigenvalue weighted by molar-refractivity contribution is 7.80. The van der Waals surface area contributed by atoms with E-state index in [4.69, 9.17) is 12.2 Å². The van der Waals surface area contributed by atoms with Gasteiger partial charge in [0.2, 0.25) is 0 Å². The third-order valence-corrected chi connectivity index (χ3v) is 2.78. The molecule has 6 nitrogen and oxygen atoms in total. The number of nitrogens with one attached hydrogen (secondary N) is 2. The molecule has 0 aromatic heterocycles. The molecule has 0 saturated carbocycles. The fourth-order valence-corrected chi connectivity index (χ4v) is 1.76. The van der Waals surface area contributed by atoms with Crippen LogP contribution in [0.25, 0.3) is 0 Å². The number of halogens is 1. The van der Waals surface area contributed by atoms with E-state index >= 15 is 0 Å². The predicted octanol–water partition coefficient (Wildman–Crippen LogP) is 3.05. The smallest absolute Gasteiger partial charge is 0.270 e. The Morgan fingerprint density at radius 2 is 2.05 bits per heavy atom. The highest BCUT2D eigenvalue weighted by atomic mass is 32.1. The summed E-state index contributed by atoms with van der Waals surface area (Å²) >= 11 is 4.97. The molecule has 0 aliphatic carbocycles. The van der Waals surface area contributed by atoms with Gasteiger partial charge in [0.1, 0.15) is 5.82 Å². The molecule has 0 spiro atoms. The lowest BCUT2D eigenvalue weighted by atomic mass is 10.2. The van der Waals surface area contributed by atoms with Gasteiger partial charge in [-0.2, -0.15) is 5.10 Å². The van der Waals surface area contributed by atoms with Crippen molar-refractivity contribution in [2.45, 2.75) is 0 Å². The number of nitro groups is 1. The molecule has 0 bridgehead atoms. The summed E-state index contributed by atoms with van der Waals surface area (Å²) in [6.07, 6.45) is 1.38. The summed E-state index contributed by atoms with van der Waals surface area (Å²) in [7, 11) is 0. The number of hydrogen-bond donors (Lipinski definition) is 2. The molecule has 8 heteroatoms. The van der Waals surface area contributed by atoms with Crippen LogP contribution in [0.5, 0.6) is 0 Å². The highest BCUT2D eigenvalue weighted by Crippen LogP contribution is 2.12. The molecule has 0 heterocycles. The monoisotopic (exact) mass is 318 g/mol. The van der Waals surface area contributed by atoms with Gasteiger partial charge in [-0.15, -0.1) is 0 Å². The Morgan fingerprint density at radius 1 is 1.27 bits per heavy atom. The van der Waals surface area contributed by atoms with Crippen LogP contribution in [0.4, 0.5) is 15.8 Å². The summed E-state index contributed by atoms with van der Waals surface area (Å²) < 4.78 is 13.4. The standard InChI is InChI=1S/C14H11FN4O2S/c15-12-6-1-2-7-13(12)17-14(22)18-16-9-10-4-3-5-11(8-10)19(20)21/h1-9H,(H2,17,18,22)/b16-9+. The van der Waals surface area contributed by atoms with E-state index in [1.807, 2.05) is 0 Å². The van der Waals surface area contributed by atoms with E-state index in [1.165, 1.54) is 30.5 Å². The van der Waals surface area contributed by atoms with Crippen molar-refractivity contribution in [1.29, 1.82) is 0 Å². The van der Waals surface area contributed by atoms with E-state index in [0.717, 1.165) is 0 Å². The summed E-state index contributed by atoms with van der Waals surface area (Å²) in [6, 6.07) is 12.0. The molecule has 2 aromatic rings. The van der Waals surface area contributed by atoms with Gasteiger partial charge in [0, 0.05) is 17.7 Å². The van der Waals surface area contributed by atoms with Gasteiger partial charge in [-0.1, -0.05) is 24.3 Å². The fraction of sp³-hybridized carbons (Fsp3) is 0. The predicted molar refractivity (Wildman–Crippen MR) is 86.4 cm³/mol. The van der Waals surface area contributed by atoms with Crippen molar-refractivity contribution in [3.8, 4) is 0 Å². The Kier molecular flexibility index (Phi) is 5.10. The third-order valence-electron chi connectivity index (χ3n) is 2.58. The first-order valence-electron chi connectivity index (χ1n) is 6.15. The molecule has 2 aromatic carbocycles. The first-order chi connectivity index (χ1) is 10.6. The summed E-state index contributed by atoms with van der Waals surface area (Å²) in [4.78, 5) is 10.2. The normalized spacial score (nSPS) is 10.4. The van der Waals surface area contributed by atoms with Crippen molar-refractivity contribution < 1.29 is 9.31 Å². The molecule has 0 unspecified atom stereocenters. The lowest BCUT2D eigenvalue weighted by molar-refractivity contribution is -0.384. The average molecular weight is 318 g/mol. The number of nitro benzene ring substituents is 1. The quantitative estimate of drug-likeness (QED) is 0.392. The third kappa shape index (κ3) is 4.32. The lowest BCUT2D eigenvalue weighted by Gasteiger charge is -2.07. The summed E-state index contributed by atoms with van der Waals surface area (Å²) in [6.45, 7) is 0. The minimum atomic E-state index is -0.491. The van der Waals surface area contributed by atoms with Crippen molar-refractivity contribution >= 4 is 34.9 Å². The number of rotatable bonds is 4. The first kappa shape index (κ1) is 15.5. The Bertz CT molecular complexity index is 736. The zero-order valence-corrected chi connectivity index (χ0v) is 12.0. The maximum atomic E-state index is 13.4. The van der Waals surface area contributed by atoms with Gasteiger partial charge in [0.05, 0.1) is 16.8 Å². The number of hydrogen-bond acceptors (Lipinski definition) is 4. The van der Waals surface area contributed by atoms with Crippen molar-refractivity contribution in [2.24, 2.45) is 5.10 Å². The van der Waals surface area contributed by atoms with Crippen molar-refractivity contribution in [3.05, 3.63) is 70.0 Å². The van der Waals surface area contributed by atoms with E-state index in [9.17, 15) is 14.5 Å². The SMILES string of the molecule is O=[N+]([O-])c1cccc(/C=N/NC(=S)Nc2ccccc2F)c1. The Morgan fingerprint density at radius 3 is 2.77 bits per heavy atom. The number of non-ortho nitro benzene ring substituents is 1. The fourth-order valence-electron chi connectivity index (χ4n) is 1.60. The molecule has 112 valence electrons. The van der Waals surface area contributed by atoms with Crippen LogP contribution in [0, 0.1) is 15.9 Å². The second-order valence-corrected chi connectivity index (χ2v) is 4.56. The van der Waals surface area contributed by atoms with Crippen LogP contribution >= 0.6 is 12.2 Å². The van der Waals surface area contributed by atoms with Gasteiger partial charge in [-0.05, 0) is 24.4 Å². The van der Waals surface area contributed by atoms with Crippen molar-refractivity contribution in [1.82, 2.24) is 5.43 Å². The second-order valence-electron chi connectivity index (χ2n) is 4.16. The van der Waals surface area contributed by atoms with Crippen LogP contribution in [0.15, 0.2) is 53.6 Å². The van der Waals surface area contributed by atoms with E-state index in [1.54, 1.807) is 24.3 Å². The van der Waals surface area contributed by atoms with Crippen molar-refractivity contribution in [3.63, 3.8) is 0 Å². The van der Waals surface area contributed by atoms with E-state index in [-0.39, 0.29) is 16.5 Å². The number of benzene rings is 2. The summed E-state index contributed by atoms with van der Waals surface area (Å²) in [5, 5.41) is 17.2. The molecule has 0 aliphatic heterocycles. The lowest BCUT2D eigenvalue weighted by Crippen LogP contribution is -2.24. The van der Waals surface area contributed by atoms with Crippen LogP contribution < -0.4 is 10.7 Å². The zero-order valence-electron chi connectivity index (χ0n) is 11.2. The van der Waals surface area contributed by atoms with E-state index < -0.39 is 10.7 Å². The Hall–Kier alpha value is -2.87. The largest absolute Gasteiger partial charge is 0.329 e. The maximum Gasteiger partial charge on any atom is 0.270 e. The molecule has 22 heavy (non-hydrogen) atoms. The number of para-hydroxylation sites is 1. The topological polar surface area (TPSA) is 79.6 Å². The molecule has 2 N–H and O–H groups in total. The van der Waals surface area contributed by atoms with Gasteiger partial charge in [0.15, 0.2) is 5.11 Å². The Balaban J connectivity index is 1.95. The molecular weight excluding hydrogens is 307 g/mol. The molecule has 0 radical (unpaired) electrons. The number of anilines is 1. The zero-order chi connectivity index (χ0) is 15.9. The van der Waals surface area contributed by atoms with Gasteiger partial charge in [0.25, 0.3) is 5.69 Å². The van der Waals surface area contributed by atoms with Gasteiger partial charge >= 0.3 is 0 Å². The Labute approximate surface area is 130 Å². The molecule has 0 amide bonds. The van der Waals surface area contributed by atoms with E-state index in [2.05, 4.69) is 15.8 Å². The molecule has 0 fully saturated rings. The highest BCUT2D eigenvalue weighted by Gasteiger charge is 2.04. The van der Waals surface area contributed by atoms with Crippen LogP contribution in [-0.2, 0) is 0 Å². The van der Waals surface area contributed by atoms with Crippen LogP contribution in [0.1, 0.15) is 5.56 Å². The van der Waals surface area contributed by atoms with Crippen molar-refractivity contribution in [2.75, 3.05) is 5.32 Å². The van der Waals surface area contributed by atoms with Gasteiger partial charge < -0.3 is 5.32 Å². The van der Waals surface area contributed by atoms with Crippen LogP contribution in [-0.4, -0.2) is 16.3 Å². The summed E-state index contributed by atoms with van der Waals surface area (Å²) in [5.74, 6) is -0.436. The molecule has 2 rings (SSSR count). The number of hydrazone groups is 1. The second kappa shape index (κ2) is 7.23. The maximum absolute atomic E-state index is 13.4. The minimum Gasteiger partial charge on any atom is -0.329 e. The number of nitrogens with zero attached hydrogens (tertiary/aromatic N) is 2. The molecular formula is C14H11FN4O2S. The first-order valence-corrected chi connectivity index (χ1v) is 6.56. The minimum absolute atomic E-state index is 0.0315. The molecule has 0 aliphatic rings.